The fraction of sp³-hybridized carbons (Fsp3) is 0.923. The molecule has 2 aliphatic rings. The molecule has 1 aliphatic carbocycles. The lowest BCUT2D eigenvalue weighted by atomic mass is 9.83. The average molecular weight is 241 g/mol. The summed E-state index contributed by atoms with van der Waals surface area (Å²) in [5.41, 5.74) is 0. The maximum absolute atomic E-state index is 11.8. The van der Waals surface area contributed by atoms with Crippen LogP contribution in [0.15, 0.2) is 0 Å². The molecule has 0 aromatic heterocycles. The van der Waals surface area contributed by atoms with Gasteiger partial charge in [0.15, 0.2) is 0 Å². The molecule has 4 atom stereocenters. The third-order valence-electron chi connectivity index (χ3n) is 4.24. The Labute approximate surface area is 103 Å². The van der Waals surface area contributed by atoms with E-state index >= 15 is 0 Å². The zero-order valence-electron chi connectivity index (χ0n) is 10.8. The molecule has 98 valence electrons. The Balaban J connectivity index is 2.11. The number of fused-ring (bicyclic) bond motifs is 1. The number of esters is 1. The van der Waals surface area contributed by atoms with Crippen molar-refractivity contribution in [3.8, 4) is 0 Å². The van der Waals surface area contributed by atoms with Gasteiger partial charge in [-0.05, 0) is 44.6 Å². The molecule has 1 saturated carbocycles. The zero-order chi connectivity index (χ0) is 12.4. The van der Waals surface area contributed by atoms with Gasteiger partial charge >= 0.3 is 5.97 Å². The molecular weight excluding hydrogens is 218 g/mol. The Morgan fingerprint density at radius 1 is 1.41 bits per heavy atom. The Kier molecular flexibility index (Phi) is 4.05. The van der Waals surface area contributed by atoms with E-state index in [1.54, 1.807) is 0 Å². The van der Waals surface area contributed by atoms with Gasteiger partial charge in [0.05, 0.1) is 13.2 Å². The maximum Gasteiger partial charge on any atom is 0.323 e. The number of hydrogen-bond donors (Lipinski definition) is 1. The molecule has 17 heavy (non-hydrogen) atoms. The summed E-state index contributed by atoms with van der Waals surface area (Å²) in [6.07, 6.45) is 4.50. The summed E-state index contributed by atoms with van der Waals surface area (Å²) < 4.78 is 4.90. The normalized spacial score (nSPS) is 37.8. The topological polar surface area (TPSA) is 49.8 Å². The van der Waals surface area contributed by atoms with Crippen molar-refractivity contribution in [1.82, 2.24) is 4.90 Å². The molecular formula is C13H23NO3. The summed E-state index contributed by atoms with van der Waals surface area (Å²) in [6, 6.07) is 0.294. The number of nitrogens with zero attached hydrogens (tertiary/aromatic N) is 1. The summed E-state index contributed by atoms with van der Waals surface area (Å²) in [6.45, 7) is 3.05. The summed E-state index contributed by atoms with van der Waals surface area (Å²) >= 11 is 0. The van der Waals surface area contributed by atoms with E-state index in [1.165, 1.54) is 7.11 Å². The number of aliphatic hydroxyl groups is 1. The minimum Gasteiger partial charge on any atom is -0.468 e. The number of rotatable bonds is 3. The van der Waals surface area contributed by atoms with E-state index in [4.69, 9.17) is 4.74 Å². The Hall–Kier alpha value is -0.610. The van der Waals surface area contributed by atoms with Crippen molar-refractivity contribution in [2.75, 3.05) is 13.7 Å². The number of methoxy groups -OCH3 is 1. The fourth-order valence-electron chi connectivity index (χ4n) is 3.47. The van der Waals surface area contributed by atoms with E-state index in [1.807, 2.05) is 0 Å². The van der Waals surface area contributed by atoms with Crippen LogP contribution in [0.1, 0.15) is 39.0 Å². The van der Waals surface area contributed by atoms with Crippen LogP contribution in [0.5, 0.6) is 0 Å². The predicted molar refractivity (Wildman–Crippen MR) is 64.6 cm³/mol. The molecule has 1 N–H and O–H groups in total. The molecule has 1 heterocycles. The summed E-state index contributed by atoms with van der Waals surface area (Å²) in [5, 5.41) is 9.78. The Morgan fingerprint density at radius 2 is 2.18 bits per heavy atom. The number of ether oxygens (including phenoxy) is 1. The summed E-state index contributed by atoms with van der Waals surface area (Å²) in [5.74, 6) is 0.455. The van der Waals surface area contributed by atoms with Crippen LogP contribution in [0.2, 0.25) is 0 Å². The molecule has 0 aromatic rings. The van der Waals surface area contributed by atoms with Crippen molar-refractivity contribution in [3.63, 3.8) is 0 Å². The zero-order valence-corrected chi connectivity index (χ0v) is 10.8. The second kappa shape index (κ2) is 5.36. The Morgan fingerprint density at radius 3 is 2.82 bits per heavy atom. The van der Waals surface area contributed by atoms with Gasteiger partial charge in [-0.15, -0.1) is 0 Å². The van der Waals surface area contributed by atoms with Gasteiger partial charge in [0.2, 0.25) is 0 Å². The minimum absolute atomic E-state index is 0.0831. The number of aliphatic hydroxyl groups excluding tert-OH is 1. The minimum atomic E-state index is -0.188. The van der Waals surface area contributed by atoms with Crippen LogP contribution in [0, 0.1) is 5.92 Å². The second-order valence-corrected chi connectivity index (χ2v) is 5.31. The molecule has 0 spiro atoms. The third-order valence-corrected chi connectivity index (χ3v) is 4.24. The molecule has 0 bridgehead atoms. The van der Waals surface area contributed by atoms with Crippen molar-refractivity contribution in [1.29, 1.82) is 0 Å². The van der Waals surface area contributed by atoms with Gasteiger partial charge in [-0.25, -0.2) is 0 Å². The van der Waals surface area contributed by atoms with Gasteiger partial charge in [-0.3, -0.25) is 9.69 Å². The first kappa shape index (κ1) is 12.8. The maximum atomic E-state index is 11.8. The van der Waals surface area contributed by atoms with Crippen LogP contribution in [-0.4, -0.2) is 47.8 Å². The van der Waals surface area contributed by atoms with Crippen molar-refractivity contribution < 1.29 is 14.6 Å². The molecule has 4 nitrogen and oxygen atoms in total. The van der Waals surface area contributed by atoms with Gasteiger partial charge in [0, 0.05) is 6.04 Å². The lowest BCUT2D eigenvalue weighted by Crippen LogP contribution is -2.45. The fourth-order valence-corrected chi connectivity index (χ4v) is 3.47. The van der Waals surface area contributed by atoms with Crippen LogP contribution in [0.25, 0.3) is 0 Å². The van der Waals surface area contributed by atoms with Crippen LogP contribution in [0.3, 0.4) is 0 Å². The molecule has 1 saturated heterocycles. The van der Waals surface area contributed by atoms with Gasteiger partial charge < -0.3 is 9.84 Å². The largest absolute Gasteiger partial charge is 0.468 e. The Bertz CT molecular complexity index is 282. The highest BCUT2D eigenvalue weighted by Gasteiger charge is 2.46. The third kappa shape index (κ3) is 2.47. The van der Waals surface area contributed by atoms with Crippen molar-refractivity contribution in [2.45, 2.75) is 57.2 Å². The summed E-state index contributed by atoms with van der Waals surface area (Å²) in [7, 11) is 1.46. The lowest BCUT2D eigenvalue weighted by molar-refractivity contribution is -0.146. The van der Waals surface area contributed by atoms with Crippen LogP contribution in [-0.2, 0) is 9.53 Å². The van der Waals surface area contributed by atoms with Gasteiger partial charge in [0.25, 0.3) is 0 Å². The first-order chi connectivity index (χ1) is 8.17. The molecule has 0 aromatic carbocycles. The van der Waals surface area contributed by atoms with Gasteiger partial charge in [-0.2, -0.15) is 0 Å². The highest BCUT2D eigenvalue weighted by molar-refractivity contribution is 5.76. The van der Waals surface area contributed by atoms with Crippen molar-refractivity contribution in [2.24, 2.45) is 5.92 Å². The average Bonchev–Trinajstić information content (AvgIpc) is 2.67. The first-order valence-corrected chi connectivity index (χ1v) is 6.69. The number of hydrogen-bond acceptors (Lipinski definition) is 4. The number of carbonyl (C=O) groups is 1. The molecule has 2 fully saturated rings. The van der Waals surface area contributed by atoms with Crippen molar-refractivity contribution in [3.05, 3.63) is 0 Å². The summed E-state index contributed by atoms with van der Waals surface area (Å²) in [4.78, 5) is 14.1. The lowest BCUT2D eigenvalue weighted by Gasteiger charge is -2.35. The number of carbonyl (C=O) groups excluding carboxylic acids is 1. The van der Waals surface area contributed by atoms with Crippen molar-refractivity contribution >= 4 is 5.97 Å². The first-order valence-electron chi connectivity index (χ1n) is 6.69. The second-order valence-electron chi connectivity index (χ2n) is 5.31. The molecule has 0 amide bonds. The van der Waals surface area contributed by atoms with E-state index in [9.17, 15) is 9.90 Å². The molecule has 0 radical (unpaired) electrons. The van der Waals surface area contributed by atoms with E-state index < -0.39 is 0 Å². The smallest absolute Gasteiger partial charge is 0.323 e. The van der Waals surface area contributed by atoms with E-state index in [2.05, 4.69) is 11.8 Å². The number of likely N-dealkylation sites (tertiary alicyclic amines) is 1. The molecule has 0 unspecified atom stereocenters. The monoisotopic (exact) mass is 241 g/mol. The van der Waals surface area contributed by atoms with Gasteiger partial charge in [0.1, 0.15) is 6.04 Å². The molecule has 1 aliphatic heterocycles. The molecule has 2 rings (SSSR count). The van der Waals surface area contributed by atoms with E-state index in [0.29, 0.717) is 12.0 Å². The van der Waals surface area contributed by atoms with Crippen LogP contribution in [0.4, 0.5) is 0 Å². The highest BCUT2D eigenvalue weighted by atomic mass is 16.5. The van der Waals surface area contributed by atoms with E-state index in [-0.39, 0.29) is 18.1 Å². The standard InChI is InChI=1S/C13H23NO3/c1-3-6-14-11-8-10(15)5-4-9(11)7-12(14)13(16)17-2/h9-12,15H,3-8H2,1-2H3/t9-,10+,11-,12-/m0/s1. The van der Waals surface area contributed by atoms with Gasteiger partial charge in [-0.1, -0.05) is 6.92 Å². The SMILES string of the molecule is CCCN1[C@H](C(=O)OC)C[C@@H]2CC[C@@H](O)C[C@@H]21. The van der Waals surface area contributed by atoms with Crippen LogP contribution >= 0.6 is 0 Å². The van der Waals surface area contributed by atoms with Crippen LogP contribution < -0.4 is 0 Å². The highest BCUT2D eigenvalue weighted by Crippen LogP contribution is 2.40. The molecule has 4 heteroatoms. The predicted octanol–water partition coefficient (Wildman–Crippen LogP) is 1.17. The quantitative estimate of drug-likeness (QED) is 0.754. The van der Waals surface area contributed by atoms with E-state index in [0.717, 1.165) is 38.6 Å².